The first-order valence-corrected chi connectivity index (χ1v) is 13.2. The van der Waals surface area contributed by atoms with E-state index in [9.17, 15) is 9.59 Å². The first-order chi connectivity index (χ1) is 18.8. The number of hydrogen-bond donors (Lipinski definition) is 1. The van der Waals surface area contributed by atoms with Crippen LogP contribution in [0.15, 0.2) is 78.5 Å². The Hall–Kier alpha value is -4.16. The van der Waals surface area contributed by atoms with Gasteiger partial charge >= 0.3 is 5.97 Å². The van der Waals surface area contributed by atoms with Crippen molar-refractivity contribution in [3.05, 3.63) is 100 Å². The number of nitrogens with one attached hydrogen (secondary N) is 1. The topological polar surface area (TPSA) is 77.5 Å². The van der Waals surface area contributed by atoms with Crippen LogP contribution in [-0.2, 0) is 4.79 Å². The number of halogens is 1. The number of carbonyl (C=O) groups excluding carboxylic acids is 2. The fourth-order valence-electron chi connectivity index (χ4n) is 5.70. The van der Waals surface area contributed by atoms with Crippen LogP contribution in [0.25, 0.3) is 16.5 Å². The molecule has 1 atom stereocenters. The Morgan fingerprint density at radius 3 is 2.64 bits per heavy atom. The van der Waals surface area contributed by atoms with Crippen molar-refractivity contribution in [1.29, 1.82) is 0 Å². The van der Waals surface area contributed by atoms with Crippen molar-refractivity contribution in [2.45, 2.75) is 32.7 Å². The van der Waals surface area contributed by atoms with Gasteiger partial charge in [-0.2, -0.15) is 0 Å². The van der Waals surface area contributed by atoms with E-state index in [1.54, 1.807) is 36.5 Å². The fraction of sp³-hybridized carbons (Fsp3) is 0.219. The number of nitrogens with zero attached hydrogens (tertiary/aromatic N) is 1. The van der Waals surface area contributed by atoms with Crippen LogP contribution in [0.4, 0.5) is 5.69 Å². The lowest BCUT2D eigenvalue weighted by Crippen LogP contribution is -2.33. The zero-order valence-corrected chi connectivity index (χ0v) is 22.6. The highest BCUT2D eigenvalue weighted by atomic mass is 35.5. The van der Waals surface area contributed by atoms with E-state index in [4.69, 9.17) is 21.1 Å². The summed E-state index contributed by atoms with van der Waals surface area (Å²) in [6.07, 6.45) is 3.02. The molecule has 1 aliphatic heterocycles. The van der Waals surface area contributed by atoms with Gasteiger partial charge in [0.2, 0.25) is 0 Å². The predicted octanol–water partition coefficient (Wildman–Crippen LogP) is 7.43. The van der Waals surface area contributed by atoms with Gasteiger partial charge in [-0.25, -0.2) is 4.79 Å². The molecule has 0 bridgehead atoms. The van der Waals surface area contributed by atoms with Crippen LogP contribution in [0.1, 0.15) is 54.2 Å². The number of ether oxygens (including phenoxy) is 2. The standard InChI is InChI=1S/C32H27ClN2O4/c1-32(2)16-21-28-20-8-6-14-34-23(20)11-12-24(28)35-30(29(21)25(36)17-32)18-10-13-26(27(15-18)38-3)39-31(37)19-7-4-5-9-22(19)33/h4-15,30,35H,16-17H2,1-3H3. The number of methoxy groups -OCH3 is 1. The minimum absolute atomic E-state index is 0.124. The molecule has 0 saturated heterocycles. The van der Waals surface area contributed by atoms with Gasteiger partial charge in [0.1, 0.15) is 0 Å². The molecule has 0 fully saturated rings. The lowest BCUT2D eigenvalue weighted by molar-refractivity contribution is -0.118. The second kappa shape index (κ2) is 9.54. The summed E-state index contributed by atoms with van der Waals surface area (Å²) >= 11 is 6.18. The van der Waals surface area contributed by atoms with E-state index < -0.39 is 5.97 Å². The Bertz CT molecular complexity index is 1690. The van der Waals surface area contributed by atoms with Crippen LogP contribution in [-0.4, -0.2) is 23.8 Å². The second-order valence-electron chi connectivity index (χ2n) is 10.7. The number of hydrogen-bond acceptors (Lipinski definition) is 6. The molecule has 1 aromatic heterocycles. The predicted molar refractivity (Wildman–Crippen MR) is 152 cm³/mol. The van der Waals surface area contributed by atoms with E-state index in [0.29, 0.717) is 17.2 Å². The molecule has 7 heteroatoms. The highest BCUT2D eigenvalue weighted by molar-refractivity contribution is 6.33. The summed E-state index contributed by atoms with van der Waals surface area (Å²) in [7, 11) is 1.52. The molecular formula is C32H27ClN2O4. The van der Waals surface area contributed by atoms with Crippen LogP contribution in [0.2, 0.25) is 5.02 Å². The maximum Gasteiger partial charge on any atom is 0.345 e. The minimum atomic E-state index is -0.577. The normalized spacial score (nSPS) is 17.7. The Labute approximate surface area is 231 Å². The average Bonchev–Trinajstić information content (AvgIpc) is 2.92. The van der Waals surface area contributed by atoms with Crippen molar-refractivity contribution in [3.8, 4) is 11.5 Å². The number of allylic oxidation sites excluding steroid dienone is 1. The van der Waals surface area contributed by atoms with E-state index in [1.807, 2.05) is 30.3 Å². The van der Waals surface area contributed by atoms with Gasteiger partial charge in [-0.1, -0.05) is 49.7 Å². The SMILES string of the molecule is COc1cc(C2Nc3ccc4ncccc4c3C3=C2C(=O)CC(C)(C)C3)ccc1OC(=O)c1ccccc1Cl. The first-order valence-electron chi connectivity index (χ1n) is 12.8. The number of aromatic nitrogens is 1. The zero-order valence-electron chi connectivity index (χ0n) is 21.9. The lowest BCUT2D eigenvalue weighted by atomic mass is 9.68. The highest BCUT2D eigenvalue weighted by Crippen LogP contribution is 2.52. The van der Waals surface area contributed by atoms with Crippen LogP contribution in [0.3, 0.4) is 0 Å². The van der Waals surface area contributed by atoms with Gasteiger partial charge in [0.25, 0.3) is 0 Å². The molecule has 0 saturated carbocycles. The van der Waals surface area contributed by atoms with Gasteiger partial charge in [-0.15, -0.1) is 0 Å². The van der Waals surface area contributed by atoms with Crippen LogP contribution in [0, 0.1) is 5.41 Å². The third-order valence-electron chi connectivity index (χ3n) is 7.41. The minimum Gasteiger partial charge on any atom is -0.493 e. The third kappa shape index (κ3) is 4.45. The van der Waals surface area contributed by atoms with Gasteiger partial charge < -0.3 is 14.8 Å². The largest absolute Gasteiger partial charge is 0.493 e. The van der Waals surface area contributed by atoms with E-state index in [0.717, 1.165) is 45.3 Å². The Morgan fingerprint density at radius 1 is 1.03 bits per heavy atom. The van der Waals surface area contributed by atoms with Gasteiger partial charge in [0, 0.05) is 34.8 Å². The quantitative estimate of drug-likeness (QED) is 0.215. The number of fused-ring (bicyclic) bond motifs is 4. The van der Waals surface area contributed by atoms with Gasteiger partial charge in [-0.3, -0.25) is 9.78 Å². The Morgan fingerprint density at radius 2 is 1.85 bits per heavy atom. The molecule has 3 aromatic carbocycles. The third-order valence-corrected chi connectivity index (χ3v) is 7.74. The summed E-state index contributed by atoms with van der Waals surface area (Å²) < 4.78 is 11.3. The van der Waals surface area contributed by atoms with Crippen molar-refractivity contribution >= 4 is 45.5 Å². The van der Waals surface area contributed by atoms with Crippen molar-refractivity contribution in [2.75, 3.05) is 12.4 Å². The number of anilines is 1. The summed E-state index contributed by atoms with van der Waals surface area (Å²) in [6.45, 7) is 4.28. The van der Waals surface area contributed by atoms with Crippen LogP contribution < -0.4 is 14.8 Å². The summed E-state index contributed by atoms with van der Waals surface area (Å²) in [4.78, 5) is 31.0. The molecule has 39 heavy (non-hydrogen) atoms. The van der Waals surface area contributed by atoms with E-state index >= 15 is 0 Å². The lowest BCUT2D eigenvalue weighted by Gasteiger charge is -2.40. The maximum absolute atomic E-state index is 13.7. The molecule has 0 radical (unpaired) electrons. The summed E-state index contributed by atoms with van der Waals surface area (Å²) in [5.41, 5.74) is 5.66. The molecule has 6 nitrogen and oxygen atoms in total. The van der Waals surface area contributed by atoms with Crippen molar-refractivity contribution in [1.82, 2.24) is 4.98 Å². The molecule has 2 heterocycles. The molecule has 4 aromatic rings. The number of Topliss-reactive ketones (excluding diaryl/α,β-unsaturated/α-hetero) is 1. The van der Waals surface area contributed by atoms with E-state index in [-0.39, 0.29) is 28.6 Å². The van der Waals surface area contributed by atoms with Gasteiger partial charge in [-0.05, 0) is 65.4 Å². The van der Waals surface area contributed by atoms with Crippen LogP contribution in [0.5, 0.6) is 11.5 Å². The molecule has 2 aliphatic rings. The molecule has 1 aliphatic carbocycles. The number of rotatable bonds is 4. The number of esters is 1. The molecule has 0 amide bonds. The number of carbonyl (C=O) groups is 2. The summed E-state index contributed by atoms with van der Waals surface area (Å²) in [6, 6.07) is 19.7. The van der Waals surface area contributed by atoms with Crippen molar-refractivity contribution in [2.24, 2.45) is 5.41 Å². The number of pyridine rings is 1. The second-order valence-corrected chi connectivity index (χ2v) is 11.2. The number of ketones is 1. The maximum atomic E-state index is 13.7. The van der Waals surface area contributed by atoms with Crippen molar-refractivity contribution in [3.63, 3.8) is 0 Å². The van der Waals surface area contributed by atoms with Crippen LogP contribution >= 0.6 is 11.6 Å². The molecular weight excluding hydrogens is 512 g/mol. The number of benzene rings is 3. The van der Waals surface area contributed by atoms with Crippen molar-refractivity contribution < 1.29 is 19.1 Å². The summed E-state index contributed by atoms with van der Waals surface area (Å²) in [5, 5.41) is 4.96. The Kier molecular flexibility index (Phi) is 6.15. The monoisotopic (exact) mass is 538 g/mol. The van der Waals surface area contributed by atoms with E-state index in [2.05, 4.69) is 30.2 Å². The molecule has 0 spiro atoms. The van der Waals surface area contributed by atoms with Gasteiger partial charge in [0.05, 0.1) is 29.3 Å². The molecule has 196 valence electrons. The van der Waals surface area contributed by atoms with E-state index in [1.165, 1.54) is 7.11 Å². The fourth-order valence-corrected chi connectivity index (χ4v) is 5.91. The molecule has 6 rings (SSSR count). The zero-order chi connectivity index (χ0) is 27.3. The molecule has 1 N–H and O–H groups in total. The summed E-state index contributed by atoms with van der Waals surface area (Å²) in [5.74, 6) is 0.198. The Balaban J connectivity index is 1.44. The molecule has 1 unspecified atom stereocenters. The van der Waals surface area contributed by atoms with Gasteiger partial charge in [0.15, 0.2) is 17.3 Å². The average molecular weight is 539 g/mol. The first kappa shape index (κ1) is 25.1. The highest BCUT2D eigenvalue weighted by Gasteiger charge is 2.41. The smallest absolute Gasteiger partial charge is 0.345 e.